The van der Waals surface area contributed by atoms with E-state index in [1.165, 1.54) is 12.7 Å². The van der Waals surface area contributed by atoms with Crippen molar-refractivity contribution in [3.63, 3.8) is 0 Å². The highest BCUT2D eigenvalue weighted by Crippen LogP contribution is 2.28. The fourth-order valence-corrected chi connectivity index (χ4v) is 2.98. The Hall–Kier alpha value is -1.84. The summed E-state index contributed by atoms with van der Waals surface area (Å²) in [5.41, 5.74) is 1.32. The van der Waals surface area contributed by atoms with Crippen molar-refractivity contribution in [2.45, 2.75) is 44.6 Å². The Morgan fingerprint density at radius 1 is 1.19 bits per heavy atom. The first-order chi connectivity index (χ1) is 10.2. The maximum atomic E-state index is 11.9. The Kier molecular flexibility index (Phi) is 5.78. The number of ether oxygens (including phenoxy) is 1. The van der Waals surface area contributed by atoms with Crippen LogP contribution in [0.2, 0.25) is 0 Å². The van der Waals surface area contributed by atoms with Crippen LogP contribution in [0.15, 0.2) is 30.3 Å². The number of esters is 1. The zero-order valence-electron chi connectivity index (χ0n) is 12.5. The molecule has 0 unspecified atom stereocenters. The SMILES string of the molecule is COC(=O)CCC(=O)N[C@H]1CCC[C@H]1Cc1ccccc1. The second-order valence-corrected chi connectivity index (χ2v) is 5.63. The van der Waals surface area contributed by atoms with E-state index in [4.69, 9.17) is 0 Å². The minimum atomic E-state index is -0.336. The van der Waals surface area contributed by atoms with Gasteiger partial charge in [0, 0.05) is 12.5 Å². The van der Waals surface area contributed by atoms with Crippen molar-refractivity contribution in [3.8, 4) is 0 Å². The van der Waals surface area contributed by atoms with Gasteiger partial charge in [-0.05, 0) is 30.7 Å². The molecule has 1 N–H and O–H groups in total. The molecule has 1 aromatic rings. The largest absolute Gasteiger partial charge is 0.469 e. The van der Waals surface area contributed by atoms with Crippen LogP contribution in [-0.4, -0.2) is 25.0 Å². The number of amides is 1. The Morgan fingerprint density at radius 2 is 1.95 bits per heavy atom. The Labute approximate surface area is 125 Å². The van der Waals surface area contributed by atoms with Crippen molar-refractivity contribution in [2.24, 2.45) is 5.92 Å². The molecule has 0 aliphatic heterocycles. The molecule has 0 heterocycles. The lowest BCUT2D eigenvalue weighted by Gasteiger charge is -2.21. The summed E-state index contributed by atoms with van der Waals surface area (Å²) in [5, 5.41) is 3.08. The van der Waals surface area contributed by atoms with Crippen LogP contribution in [0.4, 0.5) is 0 Å². The summed E-state index contributed by atoms with van der Waals surface area (Å²) in [7, 11) is 1.34. The summed E-state index contributed by atoms with van der Waals surface area (Å²) >= 11 is 0. The molecule has 1 aliphatic rings. The van der Waals surface area contributed by atoms with Crippen LogP contribution in [0.25, 0.3) is 0 Å². The van der Waals surface area contributed by atoms with E-state index in [1.54, 1.807) is 0 Å². The van der Waals surface area contributed by atoms with Crippen molar-refractivity contribution < 1.29 is 14.3 Å². The third-order valence-corrected chi connectivity index (χ3v) is 4.13. The van der Waals surface area contributed by atoms with Crippen molar-refractivity contribution in [3.05, 3.63) is 35.9 Å². The van der Waals surface area contributed by atoms with E-state index in [9.17, 15) is 9.59 Å². The highest BCUT2D eigenvalue weighted by molar-refractivity contribution is 5.81. The van der Waals surface area contributed by atoms with Crippen LogP contribution in [0.1, 0.15) is 37.7 Å². The summed E-state index contributed by atoms with van der Waals surface area (Å²) in [6, 6.07) is 10.6. The van der Waals surface area contributed by atoms with Crippen LogP contribution in [0, 0.1) is 5.92 Å². The molecule has 2 atom stereocenters. The predicted molar refractivity (Wildman–Crippen MR) is 80.7 cm³/mol. The summed E-state index contributed by atoms with van der Waals surface area (Å²) in [6.07, 6.45) is 4.69. The van der Waals surface area contributed by atoms with Gasteiger partial charge in [-0.1, -0.05) is 36.8 Å². The molecule has 0 spiro atoms. The fraction of sp³-hybridized carbons (Fsp3) is 0.529. The summed E-state index contributed by atoms with van der Waals surface area (Å²) in [5.74, 6) is 0.109. The summed E-state index contributed by atoms with van der Waals surface area (Å²) in [6.45, 7) is 0. The molecule has 1 fully saturated rings. The third kappa shape index (κ3) is 4.88. The molecule has 4 nitrogen and oxygen atoms in total. The second kappa shape index (κ2) is 7.81. The van der Waals surface area contributed by atoms with Crippen LogP contribution in [0.5, 0.6) is 0 Å². The topological polar surface area (TPSA) is 55.4 Å². The molecule has 1 saturated carbocycles. The Morgan fingerprint density at radius 3 is 2.67 bits per heavy atom. The molecule has 21 heavy (non-hydrogen) atoms. The summed E-state index contributed by atoms with van der Waals surface area (Å²) in [4.78, 5) is 23.0. The molecule has 1 aromatic carbocycles. The zero-order valence-corrected chi connectivity index (χ0v) is 12.5. The van der Waals surface area contributed by atoms with Crippen LogP contribution in [0.3, 0.4) is 0 Å². The first kappa shape index (κ1) is 15.5. The van der Waals surface area contributed by atoms with Gasteiger partial charge in [0.2, 0.25) is 5.91 Å². The quantitative estimate of drug-likeness (QED) is 0.819. The molecule has 1 amide bonds. The lowest BCUT2D eigenvalue weighted by Crippen LogP contribution is -2.38. The zero-order chi connectivity index (χ0) is 15.1. The van der Waals surface area contributed by atoms with Gasteiger partial charge in [0.05, 0.1) is 13.5 Å². The van der Waals surface area contributed by atoms with E-state index >= 15 is 0 Å². The lowest BCUT2D eigenvalue weighted by molar-refractivity contribution is -0.142. The van der Waals surface area contributed by atoms with Gasteiger partial charge in [-0.3, -0.25) is 9.59 Å². The number of hydrogen-bond acceptors (Lipinski definition) is 3. The Bertz CT molecular complexity index is 472. The number of rotatable bonds is 6. The van der Waals surface area contributed by atoms with Gasteiger partial charge in [-0.2, -0.15) is 0 Å². The van der Waals surface area contributed by atoms with Crippen molar-refractivity contribution >= 4 is 11.9 Å². The maximum absolute atomic E-state index is 11.9. The van der Waals surface area contributed by atoms with E-state index in [0.717, 1.165) is 25.7 Å². The number of methoxy groups -OCH3 is 1. The standard InChI is InChI=1S/C17H23NO3/c1-21-17(20)11-10-16(19)18-15-9-5-8-14(15)12-13-6-3-2-4-7-13/h2-4,6-7,14-15H,5,8-12H2,1H3,(H,18,19)/t14-,15-/m0/s1. The normalized spacial score (nSPS) is 21.0. The summed E-state index contributed by atoms with van der Waals surface area (Å²) < 4.78 is 4.55. The van der Waals surface area contributed by atoms with E-state index in [0.29, 0.717) is 5.92 Å². The predicted octanol–water partition coefficient (Wildman–Crippen LogP) is 2.47. The van der Waals surface area contributed by atoms with E-state index in [-0.39, 0.29) is 30.8 Å². The molecule has 0 radical (unpaired) electrons. The molecular formula is C17H23NO3. The van der Waals surface area contributed by atoms with Crippen LogP contribution >= 0.6 is 0 Å². The number of carbonyl (C=O) groups excluding carboxylic acids is 2. The first-order valence-electron chi connectivity index (χ1n) is 7.59. The van der Waals surface area contributed by atoms with Gasteiger partial charge >= 0.3 is 5.97 Å². The van der Waals surface area contributed by atoms with Gasteiger partial charge in [0.25, 0.3) is 0 Å². The highest BCUT2D eigenvalue weighted by Gasteiger charge is 2.28. The van der Waals surface area contributed by atoms with Gasteiger partial charge in [-0.25, -0.2) is 0 Å². The maximum Gasteiger partial charge on any atom is 0.306 e. The van der Waals surface area contributed by atoms with E-state index < -0.39 is 0 Å². The van der Waals surface area contributed by atoms with Gasteiger partial charge in [0.15, 0.2) is 0 Å². The van der Waals surface area contributed by atoms with Crippen molar-refractivity contribution in [1.29, 1.82) is 0 Å². The molecule has 0 aromatic heterocycles. The van der Waals surface area contributed by atoms with Crippen molar-refractivity contribution in [1.82, 2.24) is 5.32 Å². The number of hydrogen-bond donors (Lipinski definition) is 1. The minimum Gasteiger partial charge on any atom is -0.469 e. The molecule has 0 bridgehead atoms. The van der Waals surface area contributed by atoms with E-state index in [2.05, 4.69) is 22.2 Å². The molecule has 4 heteroatoms. The van der Waals surface area contributed by atoms with Crippen LogP contribution < -0.4 is 5.32 Å². The molecular weight excluding hydrogens is 266 g/mol. The van der Waals surface area contributed by atoms with Gasteiger partial charge in [-0.15, -0.1) is 0 Å². The second-order valence-electron chi connectivity index (χ2n) is 5.63. The van der Waals surface area contributed by atoms with Gasteiger partial charge in [0.1, 0.15) is 0 Å². The average molecular weight is 289 g/mol. The van der Waals surface area contributed by atoms with Crippen molar-refractivity contribution in [2.75, 3.05) is 7.11 Å². The number of nitrogens with one attached hydrogen (secondary N) is 1. The smallest absolute Gasteiger partial charge is 0.306 e. The molecule has 114 valence electrons. The average Bonchev–Trinajstić information content (AvgIpc) is 2.93. The molecule has 0 saturated heterocycles. The highest BCUT2D eigenvalue weighted by atomic mass is 16.5. The van der Waals surface area contributed by atoms with Crippen LogP contribution in [-0.2, 0) is 20.7 Å². The lowest BCUT2D eigenvalue weighted by atomic mass is 9.94. The third-order valence-electron chi connectivity index (χ3n) is 4.13. The minimum absolute atomic E-state index is 0.0506. The fourth-order valence-electron chi connectivity index (χ4n) is 2.98. The number of carbonyl (C=O) groups is 2. The van der Waals surface area contributed by atoms with Gasteiger partial charge < -0.3 is 10.1 Å². The van der Waals surface area contributed by atoms with E-state index in [1.807, 2.05) is 18.2 Å². The Balaban J connectivity index is 1.81. The number of benzene rings is 1. The molecule has 1 aliphatic carbocycles. The monoisotopic (exact) mass is 289 g/mol. The molecule has 2 rings (SSSR count). The first-order valence-corrected chi connectivity index (χ1v) is 7.59.